The molecule has 0 fully saturated rings. The highest BCUT2D eigenvalue weighted by molar-refractivity contribution is 7.91. The van der Waals surface area contributed by atoms with E-state index in [-0.39, 0.29) is 16.0 Å². The van der Waals surface area contributed by atoms with Gasteiger partial charge in [-0.2, -0.15) is 4.72 Å². The predicted molar refractivity (Wildman–Crippen MR) is 87.4 cm³/mol. The second kappa shape index (κ2) is 9.24. The molecule has 2 N–H and O–H groups in total. The van der Waals surface area contributed by atoms with Gasteiger partial charge in [-0.1, -0.05) is 19.9 Å². The number of hydrogen-bond donors (Lipinski definition) is 2. The highest BCUT2D eigenvalue weighted by atomic mass is 32.2. The van der Waals surface area contributed by atoms with Crippen LogP contribution in [0.1, 0.15) is 27.2 Å². The molecule has 1 heterocycles. The molecule has 8 heteroatoms. The van der Waals surface area contributed by atoms with Crippen molar-refractivity contribution in [2.24, 2.45) is 5.92 Å². The first-order valence-electron chi connectivity index (χ1n) is 7.29. The van der Waals surface area contributed by atoms with Crippen molar-refractivity contribution in [2.75, 3.05) is 19.8 Å². The van der Waals surface area contributed by atoms with Gasteiger partial charge in [0.05, 0.1) is 0 Å². The summed E-state index contributed by atoms with van der Waals surface area (Å²) in [7, 11) is -3.66. The summed E-state index contributed by atoms with van der Waals surface area (Å²) in [5.41, 5.74) is 0. The zero-order valence-corrected chi connectivity index (χ0v) is 14.8. The minimum Gasteiger partial charge on any atom is -0.382 e. The highest BCUT2D eigenvalue weighted by Gasteiger charge is 2.28. The Morgan fingerprint density at radius 3 is 2.68 bits per heavy atom. The topological polar surface area (TPSA) is 84.5 Å². The summed E-state index contributed by atoms with van der Waals surface area (Å²) in [6.45, 7) is 7.20. The average molecular weight is 348 g/mol. The molecule has 1 aromatic rings. The Balaban J connectivity index is 2.60. The fourth-order valence-electron chi connectivity index (χ4n) is 1.77. The van der Waals surface area contributed by atoms with E-state index >= 15 is 0 Å². The minimum atomic E-state index is -3.66. The molecule has 1 atom stereocenters. The Hall–Kier alpha value is -0.960. The van der Waals surface area contributed by atoms with E-state index in [0.29, 0.717) is 26.2 Å². The molecule has 0 aliphatic carbocycles. The maximum atomic E-state index is 12.2. The number of amides is 1. The van der Waals surface area contributed by atoms with Crippen LogP contribution in [0.3, 0.4) is 0 Å². The van der Waals surface area contributed by atoms with Gasteiger partial charge in [0.25, 0.3) is 10.0 Å². The molecule has 0 aliphatic rings. The second-order valence-electron chi connectivity index (χ2n) is 5.12. The highest BCUT2D eigenvalue weighted by Crippen LogP contribution is 2.17. The quantitative estimate of drug-likeness (QED) is 0.629. The minimum absolute atomic E-state index is 0.151. The van der Waals surface area contributed by atoms with E-state index in [1.165, 1.54) is 6.07 Å². The van der Waals surface area contributed by atoms with Crippen molar-refractivity contribution >= 4 is 27.3 Å². The van der Waals surface area contributed by atoms with Gasteiger partial charge < -0.3 is 10.1 Å². The SMILES string of the molecule is CCOCCCNC(=O)C(NS(=O)(=O)c1cccs1)C(C)C. The van der Waals surface area contributed by atoms with Gasteiger partial charge >= 0.3 is 0 Å². The van der Waals surface area contributed by atoms with Gasteiger partial charge in [0.2, 0.25) is 5.91 Å². The van der Waals surface area contributed by atoms with E-state index in [0.717, 1.165) is 11.3 Å². The van der Waals surface area contributed by atoms with Gasteiger partial charge in [-0.3, -0.25) is 4.79 Å². The third kappa shape index (κ3) is 6.04. The van der Waals surface area contributed by atoms with Gasteiger partial charge in [-0.25, -0.2) is 8.42 Å². The lowest BCUT2D eigenvalue weighted by atomic mass is 10.1. The van der Waals surface area contributed by atoms with E-state index in [1.54, 1.807) is 25.3 Å². The molecular formula is C14H24N2O4S2. The number of carbonyl (C=O) groups is 1. The molecule has 0 aromatic carbocycles. The fourth-order valence-corrected chi connectivity index (χ4v) is 4.13. The molecule has 0 radical (unpaired) electrons. The molecule has 0 bridgehead atoms. The van der Waals surface area contributed by atoms with Crippen LogP contribution < -0.4 is 10.0 Å². The Bertz CT molecular complexity index is 541. The smallest absolute Gasteiger partial charge is 0.250 e. The summed E-state index contributed by atoms with van der Waals surface area (Å²) in [5, 5.41) is 4.44. The zero-order valence-electron chi connectivity index (χ0n) is 13.2. The van der Waals surface area contributed by atoms with Crippen molar-refractivity contribution in [3.8, 4) is 0 Å². The van der Waals surface area contributed by atoms with Gasteiger partial charge in [0.1, 0.15) is 10.3 Å². The molecule has 1 unspecified atom stereocenters. The number of sulfonamides is 1. The average Bonchev–Trinajstić information content (AvgIpc) is 2.99. The van der Waals surface area contributed by atoms with E-state index in [9.17, 15) is 13.2 Å². The standard InChI is InChI=1S/C14H24N2O4S2/c1-4-20-9-6-8-15-14(17)13(11(2)3)16-22(18,19)12-7-5-10-21-12/h5,7,10-11,13,16H,4,6,8-9H2,1-3H3,(H,15,17). The van der Waals surface area contributed by atoms with E-state index in [2.05, 4.69) is 10.0 Å². The van der Waals surface area contributed by atoms with E-state index < -0.39 is 16.1 Å². The van der Waals surface area contributed by atoms with Crippen molar-refractivity contribution < 1.29 is 17.9 Å². The molecule has 0 saturated carbocycles. The molecule has 22 heavy (non-hydrogen) atoms. The molecule has 1 aromatic heterocycles. The lowest BCUT2D eigenvalue weighted by molar-refractivity contribution is -0.123. The Labute approximate surface area is 136 Å². The second-order valence-corrected chi connectivity index (χ2v) is 8.01. The van der Waals surface area contributed by atoms with Crippen molar-refractivity contribution in [3.05, 3.63) is 17.5 Å². The molecule has 126 valence electrons. The lowest BCUT2D eigenvalue weighted by Crippen LogP contribution is -2.49. The number of nitrogens with one attached hydrogen (secondary N) is 2. The molecule has 0 aliphatic heterocycles. The zero-order chi connectivity index (χ0) is 16.6. The molecular weight excluding hydrogens is 324 g/mol. The predicted octanol–water partition coefficient (Wildman–Crippen LogP) is 1.59. The Morgan fingerprint density at radius 1 is 1.41 bits per heavy atom. The number of ether oxygens (including phenoxy) is 1. The number of thiophene rings is 1. The molecule has 6 nitrogen and oxygen atoms in total. The number of rotatable bonds is 10. The summed E-state index contributed by atoms with van der Waals surface area (Å²) in [4.78, 5) is 12.2. The van der Waals surface area contributed by atoms with Crippen LogP contribution in [0.25, 0.3) is 0 Å². The summed E-state index contributed by atoms with van der Waals surface area (Å²) < 4.78 is 32.3. The lowest BCUT2D eigenvalue weighted by Gasteiger charge is -2.21. The monoisotopic (exact) mass is 348 g/mol. The summed E-state index contributed by atoms with van der Waals surface area (Å²) >= 11 is 1.12. The molecule has 1 rings (SSSR count). The molecule has 1 amide bonds. The first kappa shape index (κ1) is 19.1. The normalized spacial score (nSPS) is 13.3. The van der Waals surface area contributed by atoms with Crippen molar-refractivity contribution in [1.29, 1.82) is 0 Å². The number of carbonyl (C=O) groups excluding carboxylic acids is 1. The van der Waals surface area contributed by atoms with Gasteiger partial charge in [0.15, 0.2) is 0 Å². The van der Waals surface area contributed by atoms with Gasteiger partial charge in [0, 0.05) is 19.8 Å². The third-order valence-corrected chi connectivity index (χ3v) is 5.80. The van der Waals surface area contributed by atoms with Crippen LogP contribution in [0, 0.1) is 5.92 Å². The number of hydrogen-bond acceptors (Lipinski definition) is 5. The molecule has 0 spiro atoms. The molecule has 0 saturated heterocycles. The third-order valence-electron chi connectivity index (χ3n) is 2.96. The van der Waals surface area contributed by atoms with Crippen molar-refractivity contribution in [1.82, 2.24) is 10.0 Å². The summed E-state index contributed by atoms with van der Waals surface area (Å²) in [5.74, 6) is -0.465. The maximum Gasteiger partial charge on any atom is 0.250 e. The van der Waals surface area contributed by atoms with Crippen LogP contribution in [0.15, 0.2) is 21.7 Å². The summed E-state index contributed by atoms with van der Waals surface area (Å²) in [6.07, 6.45) is 0.696. The fraction of sp³-hybridized carbons (Fsp3) is 0.643. The van der Waals surface area contributed by atoms with Crippen LogP contribution in [0.2, 0.25) is 0 Å². The van der Waals surface area contributed by atoms with Crippen LogP contribution in [0.4, 0.5) is 0 Å². The van der Waals surface area contributed by atoms with Crippen LogP contribution >= 0.6 is 11.3 Å². The Kier molecular flexibility index (Phi) is 8.02. The first-order valence-corrected chi connectivity index (χ1v) is 9.66. The largest absolute Gasteiger partial charge is 0.382 e. The van der Waals surface area contributed by atoms with Crippen LogP contribution in [-0.2, 0) is 19.6 Å². The Morgan fingerprint density at radius 2 is 2.14 bits per heavy atom. The van der Waals surface area contributed by atoms with Gasteiger partial charge in [-0.15, -0.1) is 11.3 Å². The van der Waals surface area contributed by atoms with E-state index in [4.69, 9.17) is 4.74 Å². The van der Waals surface area contributed by atoms with Crippen molar-refractivity contribution in [2.45, 2.75) is 37.4 Å². The van der Waals surface area contributed by atoms with E-state index in [1.807, 2.05) is 6.92 Å². The maximum absolute atomic E-state index is 12.2. The summed E-state index contributed by atoms with van der Waals surface area (Å²) in [6, 6.07) is 2.39. The van der Waals surface area contributed by atoms with Gasteiger partial charge in [-0.05, 0) is 30.7 Å². The van der Waals surface area contributed by atoms with Crippen LogP contribution in [0.5, 0.6) is 0 Å². The first-order chi connectivity index (χ1) is 10.4. The van der Waals surface area contributed by atoms with Crippen LogP contribution in [-0.4, -0.2) is 40.1 Å². The van der Waals surface area contributed by atoms with Crippen molar-refractivity contribution in [3.63, 3.8) is 0 Å².